The number of nitrogens with one attached hydrogen (secondary N) is 2. The SMILES string of the molecule is CC(C)CC1=C(O)[NH+]([O-])C(CC(C)C)=C(O)[NH+]1[O-]. The fraction of sp³-hybridized carbons (Fsp3) is 0.667. The third-order valence-corrected chi connectivity index (χ3v) is 2.77. The van der Waals surface area contributed by atoms with Gasteiger partial charge in [-0.1, -0.05) is 27.7 Å². The number of rotatable bonds is 4. The lowest BCUT2D eigenvalue weighted by Crippen LogP contribution is -3.15. The smallest absolute Gasteiger partial charge is 0.351 e. The molecular weight excluding hydrogens is 236 g/mol. The van der Waals surface area contributed by atoms with Crippen molar-refractivity contribution in [1.29, 1.82) is 0 Å². The van der Waals surface area contributed by atoms with Crippen LogP contribution in [0.25, 0.3) is 0 Å². The highest BCUT2D eigenvalue weighted by Crippen LogP contribution is 2.13. The van der Waals surface area contributed by atoms with Crippen molar-refractivity contribution < 1.29 is 20.3 Å². The van der Waals surface area contributed by atoms with Gasteiger partial charge in [-0.3, -0.25) is 10.1 Å². The molecule has 0 saturated heterocycles. The Hall–Kier alpha value is -1.08. The summed E-state index contributed by atoms with van der Waals surface area (Å²) >= 11 is 0. The Kier molecular flexibility index (Phi) is 4.75. The molecule has 1 aliphatic heterocycles. The third-order valence-electron chi connectivity index (χ3n) is 2.77. The minimum Gasteiger partial charge on any atom is -0.621 e. The minimum atomic E-state index is -0.614. The molecule has 0 amide bonds. The van der Waals surface area contributed by atoms with Crippen LogP contribution >= 0.6 is 0 Å². The largest absolute Gasteiger partial charge is 0.621 e. The summed E-state index contributed by atoms with van der Waals surface area (Å²) < 4.78 is 0. The number of hydrogen-bond donors (Lipinski definition) is 4. The van der Waals surface area contributed by atoms with Gasteiger partial charge < -0.3 is 20.6 Å². The third kappa shape index (κ3) is 3.02. The van der Waals surface area contributed by atoms with Gasteiger partial charge in [0.15, 0.2) is 0 Å². The Morgan fingerprint density at radius 2 is 1.11 bits per heavy atom. The molecule has 0 fully saturated rings. The summed E-state index contributed by atoms with van der Waals surface area (Å²) in [7, 11) is 0. The zero-order valence-corrected chi connectivity index (χ0v) is 11.3. The van der Waals surface area contributed by atoms with Gasteiger partial charge in [0, 0.05) is 12.8 Å². The van der Waals surface area contributed by atoms with Crippen molar-refractivity contribution >= 4 is 0 Å². The molecule has 0 aromatic carbocycles. The molecule has 1 rings (SSSR count). The van der Waals surface area contributed by atoms with Gasteiger partial charge in [-0.2, -0.15) is 0 Å². The maximum absolute atomic E-state index is 11.9. The second-order valence-electron chi connectivity index (χ2n) is 5.51. The van der Waals surface area contributed by atoms with Gasteiger partial charge in [0.1, 0.15) is 0 Å². The Bertz CT molecular complexity index is 338. The molecule has 4 N–H and O–H groups in total. The predicted molar refractivity (Wildman–Crippen MR) is 66.9 cm³/mol. The Labute approximate surface area is 107 Å². The molecule has 6 nitrogen and oxygen atoms in total. The van der Waals surface area contributed by atoms with Gasteiger partial charge in [0.25, 0.3) is 0 Å². The van der Waals surface area contributed by atoms with Crippen LogP contribution in [0.4, 0.5) is 0 Å². The van der Waals surface area contributed by atoms with E-state index in [1.807, 2.05) is 27.7 Å². The summed E-state index contributed by atoms with van der Waals surface area (Å²) in [5.41, 5.74) is 0.0556. The van der Waals surface area contributed by atoms with Crippen molar-refractivity contribution in [1.82, 2.24) is 0 Å². The summed E-state index contributed by atoms with van der Waals surface area (Å²) in [5, 5.41) is 42.3. The van der Waals surface area contributed by atoms with E-state index in [9.17, 15) is 20.6 Å². The lowest BCUT2D eigenvalue weighted by molar-refractivity contribution is -0.861. The molecular formula is C12H22N2O4. The molecule has 0 spiro atoms. The monoisotopic (exact) mass is 258 g/mol. The van der Waals surface area contributed by atoms with Gasteiger partial charge >= 0.3 is 11.8 Å². The lowest BCUT2D eigenvalue weighted by atomic mass is 10.0. The van der Waals surface area contributed by atoms with Crippen LogP contribution in [0, 0.1) is 22.3 Å². The molecule has 18 heavy (non-hydrogen) atoms. The molecule has 0 saturated carbocycles. The molecule has 0 aromatic heterocycles. The van der Waals surface area contributed by atoms with E-state index in [-0.39, 0.29) is 36.1 Å². The Morgan fingerprint density at radius 3 is 1.33 bits per heavy atom. The fourth-order valence-electron chi connectivity index (χ4n) is 1.97. The van der Waals surface area contributed by atoms with E-state index in [0.29, 0.717) is 0 Å². The van der Waals surface area contributed by atoms with Crippen molar-refractivity contribution in [2.45, 2.75) is 40.5 Å². The standard InChI is InChI=1S/C12H22N2O4/c1-7(2)5-9-11(15)14(18)10(6-8(3)4)12(16)13(9)17/h7-8,13-16H,5-6H2,1-4H3. The van der Waals surface area contributed by atoms with Gasteiger partial charge in [-0.05, 0) is 11.8 Å². The van der Waals surface area contributed by atoms with E-state index < -0.39 is 21.9 Å². The van der Waals surface area contributed by atoms with Gasteiger partial charge in [-0.15, -0.1) is 0 Å². The van der Waals surface area contributed by atoms with Crippen molar-refractivity contribution in [3.8, 4) is 0 Å². The first-order chi connectivity index (χ1) is 8.25. The number of hydroxylamine groups is 4. The van der Waals surface area contributed by atoms with Crippen molar-refractivity contribution in [3.63, 3.8) is 0 Å². The predicted octanol–water partition coefficient (Wildman–Crippen LogP) is 0.312. The molecule has 1 heterocycles. The summed E-state index contributed by atoms with van der Waals surface area (Å²) in [6.07, 6.45) is 0.574. The van der Waals surface area contributed by atoms with Crippen molar-refractivity contribution in [2.24, 2.45) is 11.8 Å². The van der Waals surface area contributed by atoms with E-state index in [0.717, 1.165) is 0 Å². The lowest BCUT2D eigenvalue weighted by Gasteiger charge is -2.34. The number of aliphatic hydroxyl groups excluding tert-OH is 2. The molecule has 104 valence electrons. The van der Waals surface area contributed by atoms with Crippen LogP contribution in [0.3, 0.4) is 0 Å². The van der Waals surface area contributed by atoms with Crippen molar-refractivity contribution in [3.05, 3.63) is 33.6 Å². The zero-order valence-electron chi connectivity index (χ0n) is 11.3. The Morgan fingerprint density at radius 1 is 0.833 bits per heavy atom. The second-order valence-corrected chi connectivity index (χ2v) is 5.51. The van der Waals surface area contributed by atoms with E-state index >= 15 is 0 Å². The summed E-state index contributed by atoms with van der Waals surface area (Å²) in [6, 6.07) is 0. The number of allylic oxidation sites excluding steroid dienone is 2. The molecule has 0 aromatic rings. The maximum atomic E-state index is 11.9. The van der Waals surface area contributed by atoms with Gasteiger partial charge in [-0.25, -0.2) is 0 Å². The molecule has 0 bridgehead atoms. The van der Waals surface area contributed by atoms with E-state index in [1.165, 1.54) is 0 Å². The molecule has 1 aliphatic rings. The number of aliphatic hydroxyl groups is 2. The van der Waals surface area contributed by atoms with Crippen LogP contribution in [0.2, 0.25) is 0 Å². The van der Waals surface area contributed by atoms with Gasteiger partial charge in [0.2, 0.25) is 11.4 Å². The van der Waals surface area contributed by atoms with Crippen LogP contribution in [-0.4, -0.2) is 10.2 Å². The fourth-order valence-corrected chi connectivity index (χ4v) is 1.97. The van der Waals surface area contributed by atoms with E-state index in [4.69, 9.17) is 0 Å². The number of hydrogen-bond acceptors (Lipinski definition) is 4. The minimum absolute atomic E-state index is 0.0278. The zero-order chi connectivity index (χ0) is 14.0. The highest BCUT2D eigenvalue weighted by Gasteiger charge is 2.36. The number of quaternary nitrogens is 2. The van der Waals surface area contributed by atoms with Crippen LogP contribution in [0.1, 0.15) is 40.5 Å². The van der Waals surface area contributed by atoms with E-state index in [2.05, 4.69) is 0 Å². The van der Waals surface area contributed by atoms with Crippen molar-refractivity contribution in [2.75, 3.05) is 0 Å². The first-order valence-electron chi connectivity index (χ1n) is 6.19. The Balaban J connectivity index is 3.06. The molecule has 2 unspecified atom stereocenters. The first kappa shape index (κ1) is 15.0. The second kappa shape index (κ2) is 5.71. The average molecular weight is 258 g/mol. The normalized spacial score (nSPS) is 25.6. The average Bonchev–Trinajstić information content (AvgIpc) is 2.27. The topological polar surface area (TPSA) is 95.5 Å². The quantitative estimate of drug-likeness (QED) is 0.546. The van der Waals surface area contributed by atoms with Crippen LogP contribution < -0.4 is 10.1 Å². The summed E-state index contributed by atoms with van der Waals surface area (Å²) in [5.74, 6) is -0.749. The first-order valence-corrected chi connectivity index (χ1v) is 6.19. The summed E-state index contributed by atoms with van der Waals surface area (Å²) in [6.45, 7) is 7.51. The molecule has 0 aliphatic carbocycles. The van der Waals surface area contributed by atoms with Crippen LogP contribution in [-0.2, 0) is 0 Å². The highest BCUT2D eigenvalue weighted by atomic mass is 16.6. The molecule has 2 atom stereocenters. The highest BCUT2D eigenvalue weighted by molar-refractivity contribution is 5.06. The summed E-state index contributed by atoms with van der Waals surface area (Å²) in [4.78, 5) is 0. The van der Waals surface area contributed by atoms with Crippen LogP contribution in [0.15, 0.2) is 23.2 Å². The molecule has 6 heteroatoms. The van der Waals surface area contributed by atoms with Gasteiger partial charge in [0.05, 0.1) is 0 Å². The maximum Gasteiger partial charge on any atom is 0.351 e. The van der Waals surface area contributed by atoms with E-state index in [1.54, 1.807) is 0 Å². The molecule has 0 radical (unpaired) electrons. The van der Waals surface area contributed by atoms with Crippen LogP contribution in [0.5, 0.6) is 0 Å².